The largest absolute Gasteiger partial charge is 0.462 e. The van der Waals surface area contributed by atoms with Crippen molar-refractivity contribution in [3.8, 4) is 0 Å². The lowest BCUT2D eigenvalue weighted by Crippen LogP contribution is -2.30. The Bertz CT molecular complexity index is 1010. The number of ether oxygens (including phenoxy) is 3. The van der Waals surface area contributed by atoms with E-state index in [1.165, 1.54) is 205 Å². The lowest BCUT2D eigenvalue weighted by atomic mass is 9.99. The summed E-state index contributed by atoms with van der Waals surface area (Å²) in [5.41, 5.74) is 0. The van der Waals surface area contributed by atoms with E-state index in [1.807, 2.05) is 0 Å². The molecule has 0 aromatic heterocycles. The number of unbranched alkanes of at least 4 members (excludes halogenated alkanes) is 33. The Balaban J connectivity index is 4.22. The third-order valence-corrected chi connectivity index (χ3v) is 14.1. The molecule has 6 heteroatoms. The van der Waals surface area contributed by atoms with Gasteiger partial charge in [-0.3, -0.25) is 14.4 Å². The van der Waals surface area contributed by atoms with Gasteiger partial charge in [0.1, 0.15) is 13.2 Å². The van der Waals surface area contributed by atoms with Crippen molar-refractivity contribution in [3.05, 3.63) is 0 Å². The molecule has 0 heterocycles. The first-order chi connectivity index (χ1) is 31.7. The molecule has 0 aliphatic carbocycles. The van der Waals surface area contributed by atoms with Gasteiger partial charge in [0.2, 0.25) is 0 Å². The molecule has 0 aromatic carbocycles. The van der Waals surface area contributed by atoms with E-state index in [1.54, 1.807) is 0 Å². The Morgan fingerprint density at radius 1 is 0.308 bits per heavy atom. The van der Waals surface area contributed by atoms with Crippen LogP contribution in [0.15, 0.2) is 0 Å². The second-order valence-electron chi connectivity index (χ2n) is 21.2. The molecule has 0 aliphatic rings. The maximum Gasteiger partial charge on any atom is 0.306 e. The molecule has 0 spiro atoms. The minimum absolute atomic E-state index is 0.0645. The van der Waals surface area contributed by atoms with E-state index >= 15 is 0 Å². The molecule has 386 valence electrons. The summed E-state index contributed by atoms with van der Waals surface area (Å²) in [6, 6.07) is 0. The summed E-state index contributed by atoms with van der Waals surface area (Å²) < 4.78 is 16.9. The van der Waals surface area contributed by atoms with Crippen molar-refractivity contribution in [2.24, 2.45) is 17.8 Å². The van der Waals surface area contributed by atoms with Gasteiger partial charge in [0.15, 0.2) is 6.10 Å². The predicted molar refractivity (Wildman–Crippen MR) is 279 cm³/mol. The highest BCUT2D eigenvalue weighted by atomic mass is 16.6. The van der Waals surface area contributed by atoms with Crippen LogP contribution in [0.25, 0.3) is 0 Å². The van der Waals surface area contributed by atoms with Gasteiger partial charge >= 0.3 is 17.9 Å². The first kappa shape index (κ1) is 63.4. The fourth-order valence-corrected chi connectivity index (χ4v) is 8.93. The summed E-state index contributed by atoms with van der Waals surface area (Å²) >= 11 is 0. The lowest BCUT2D eigenvalue weighted by Gasteiger charge is -2.18. The van der Waals surface area contributed by atoms with Crippen molar-refractivity contribution in [2.45, 2.75) is 330 Å². The number of carbonyl (C=O) groups is 3. The molecule has 0 saturated heterocycles. The zero-order chi connectivity index (χ0) is 47.7. The molecule has 65 heavy (non-hydrogen) atoms. The van der Waals surface area contributed by atoms with Crippen LogP contribution in [-0.2, 0) is 28.6 Å². The Morgan fingerprint density at radius 3 is 0.800 bits per heavy atom. The Morgan fingerprint density at radius 2 is 0.538 bits per heavy atom. The van der Waals surface area contributed by atoms with Gasteiger partial charge in [-0.1, -0.05) is 286 Å². The monoisotopic (exact) mass is 919 g/mol. The lowest BCUT2D eigenvalue weighted by molar-refractivity contribution is -0.167. The number of hydrogen-bond acceptors (Lipinski definition) is 6. The van der Waals surface area contributed by atoms with Crippen LogP contribution in [0.3, 0.4) is 0 Å². The fraction of sp³-hybridized carbons (Fsp3) is 0.949. The van der Waals surface area contributed by atoms with E-state index < -0.39 is 6.10 Å². The van der Waals surface area contributed by atoms with Crippen LogP contribution >= 0.6 is 0 Å². The van der Waals surface area contributed by atoms with Crippen LogP contribution in [0.2, 0.25) is 0 Å². The smallest absolute Gasteiger partial charge is 0.306 e. The van der Waals surface area contributed by atoms with Crippen LogP contribution in [0, 0.1) is 17.8 Å². The van der Waals surface area contributed by atoms with E-state index in [0.717, 1.165) is 75.5 Å². The average molecular weight is 920 g/mol. The Hall–Kier alpha value is -1.59. The molecule has 0 saturated carbocycles. The third-order valence-electron chi connectivity index (χ3n) is 14.1. The van der Waals surface area contributed by atoms with Gasteiger partial charge in [-0.25, -0.2) is 0 Å². The molecule has 0 fully saturated rings. The zero-order valence-electron chi connectivity index (χ0n) is 44.8. The first-order valence-electron chi connectivity index (χ1n) is 29.2. The van der Waals surface area contributed by atoms with Crippen molar-refractivity contribution in [1.82, 2.24) is 0 Å². The average Bonchev–Trinajstić information content (AvgIpc) is 3.29. The van der Waals surface area contributed by atoms with E-state index in [-0.39, 0.29) is 31.1 Å². The number of carbonyl (C=O) groups excluding carboxylic acids is 3. The molecule has 2 unspecified atom stereocenters. The molecule has 3 atom stereocenters. The topological polar surface area (TPSA) is 78.9 Å². The maximum absolute atomic E-state index is 12.8. The first-order valence-corrected chi connectivity index (χ1v) is 29.2. The highest BCUT2D eigenvalue weighted by molar-refractivity contribution is 5.71. The van der Waals surface area contributed by atoms with Gasteiger partial charge in [-0.2, -0.15) is 0 Å². The molecule has 0 N–H and O–H groups in total. The second kappa shape index (κ2) is 50.3. The van der Waals surface area contributed by atoms with Crippen molar-refractivity contribution < 1.29 is 28.6 Å². The van der Waals surface area contributed by atoms with E-state index in [4.69, 9.17) is 14.2 Å². The number of esters is 3. The van der Waals surface area contributed by atoms with Gasteiger partial charge < -0.3 is 14.2 Å². The molecule has 0 amide bonds. The molecule has 0 bridgehead atoms. The summed E-state index contributed by atoms with van der Waals surface area (Å²) in [5, 5.41) is 0. The van der Waals surface area contributed by atoms with E-state index in [2.05, 4.69) is 41.5 Å². The van der Waals surface area contributed by atoms with Crippen molar-refractivity contribution in [3.63, 3.8) is 0 Å². The zero-order valence-corrected chi connectivity index (χ0v) is 44.8. The van der Waals surface area contributed by atoms with Gasteiger partial charge in [0.25, 0.3) is 0 Å². The highest BCUT2D eigenvalue weighted by Crippen LogP contribution is 2.19. The molecular formula is C59H114O6. The summed E-state index contributed by atoms with van der Waals surface area (Å²) in [7, 11) is 0. The molecule has 0 rings (SSSR count). The van der Waals surface area contributed by atoms with Crippen LogP contribution in [0.1, 0.15) is 324 Å². The summed E-state index contributed by atoms with van der Waals surface area (Å²) in [4.78, 5) is 38.1. The molecular weight excluding hydrogens is 805 g/mol. The predicted octanol–water partition coefficient (Wildman–Crippen LogP) is 19.1. The normalized spacial score (nSPS) is 13.0. The summed E-state index contributed by atoms with van der Waals surface area (Å²) in [6.07, 6.45) is 52.4. The minimum Gasteiger partial charge on any atom is -0.462 e. The van der Waals surface area contributed by atoms with Crippen LogP contribution in [-0.4, -0.2) is 37.2 Å². The van der Waals surface area contributed by atoms with Gasteiger partial charge in [0.05, 0.1) is 0 Å². The standard InChI is InChI=1S/C59H114O6/c1-7-54(5)46-40-34-28-24-20-16-13-14-18-22-26-30-37-43-49-58(61)64-52-56(65-59(62)50-44-38-32-31-35-41-47-55(6)8-2)51-63-57(60)48-42-36-29-25-21-17-12-10-9-11-15-19-23-27-33-39-45-53(3)4/h53-56H,7-52H2,1-6H3/t54?,55?,56-/m0/s1. The van der Waals surface area contributed by atoms with Gasteiger partial charge in [-0.05, 0) is 37.0 Å². The van der Waals surface area contributed by atoms with Crippen LogP contribution in [0.4, 0.5) is 0 Å². The molecule has 6 nitrogen and oxygen atoms in total. The maximum atomic E-state index is 12.8. The fourth-order valence-electron chi connectivity index (χ4n) is 8.93. The Kier molecular flexibility index (Phi) is 49.1. The van der Waals surface area contributed by atoms with E-state index in [0.29, 0.717) is 19.3 Å². The summed E-state index contributed by atoms with van der Waals surface area (Å²) in [5.74, 6) is 1.71. The third kappa shape index (κ3) is 50.1. The highest BCUT2D eigenvalue weighted by Gasteiger charge is 2.19. The van der Waals surface area contributed by atoms with Crippen LogP contribution in [0.5, 0.6) is 0 Å². The SMILES string of the molecule is CCC(C)CCCCCCCCCCCCCCCCC(=O)OC[C@H](COC(=O)CCCCCCCCCCCCCCCCCCC(C)C)OC(=O)CCCCCCCCC(C)CC. The van der Waals surface area contributed by atoms with Crippen molar-refractivity contribution in [2.75, 3.05) is 13.2 Å². The Labute approximate surface area is 406 Å². The minimum atomic E-state index is -0.764. The quantitative estimate of drug-likeness (QED) is 0.0344. The molecule has 0 radical (unpaired) electrons. The van der Waals surface area contributed by atoms with Gasteiger partial charge in [0, 0.05) is 19.3 Å². The number of hydrogen-bond donors (Lipinski definition) is 0. The van der Waals surface area contributed by atoms with E-state index in [9.17, 15) is 14.4 Å². The van der Waals surface area contributed by atoms with Crippen molar-refractivity contribution in [1.29, 1.82) is 0 Å². The molecule has 0 aromatic rings. The molecule has 0 aliphatic heterocycles. The van der Waals surface area contributed by atoms with Gasteiger partial charge in [-0.15, -0.1) is 0 Å². The second-order valence-corrected chi connectivity index (χ2v) is 21.2. The summed E-state index contributed by atoms with van der Waals surface area (Å²) in [6.45, 7) is 13.8. The van der Waals surface area contributed by atoms with Crippen molar-refractivity contribution >= 4 is 17.9 Å². The van der Waals surface area contributed by atoms with Crippen LogP contribution < -0.4 is 0 Å². The number of rotatable bonds is 52.